The van der Waals surface area contributed by atoms with E-state index in [1.807, 2.05) is 0 Å². The maximum atomic E-state index is 11.4. The highest BCUT2D eigenvalue weighted by atomic mass is 32.2. The Morgan fingerprint density at radius 3 is 2.60 bits per heavy atom. The number of rotatable bonds is 5. The molecular weight excluding hydrogens is 159 g/mol. The zero-order valence-electron chi connectivity index (χ0n) is 5.38. The molecule has 0 saturated heterocycles. The summed E-state index contributed by atoms with van der Waals surface area (Å²) in [6.07, 6.45) is 0.180. The Balaban J connectivity index is 3.35. The van der Waals surface area contributed by atoms with Gasteiger partial charge < -0.3 is 5.11 Å². The Morgan fingerprint density at radius 1 is 1.60 bits per heavy atom. The molecule has 0 radical (unpaired) electrons. The van der Waals surface area contributed by atoms with E-state index >= 15 is 0 Å². The van der Waals surface area contributed by atoms with Crippen LogP contribution in [0.15, 0.2) is 0 Å². The zero-order chi connectivity index (χ0) is 7.98. The fraction of sp³-hybridized carbons (Fsp3) is 0.800. The molecule has 60 valence electrons. The van der Waals surface area contributed by atoms with Crippen molar-refractivity contribution in [2.75, 3.05) is 18.2 Å². The Hall–Kier alpha value is -0.450. The average molecular weight is 168 g/mol. The van der Waals surface area contributed by atoms with Gasteiger partial charge >= 0.3 is 5.97 Å². The van der Waals surface area contributed by atoms with Gasteiger partial charge in [-0.25, -0.2) is 0 Å². The summed E-state index contributed by atoms with van der Waals surface area (Å²) >= 11 is 0. The first kappa shape index (κ1) is 9.55. The van der Waals surface area contributed by atoms with Crippen molar-refractivity contribution in [3.8, 4) is 0 Å². The molecular formula is C5H9FO3S. The number of halogens is 1. The van der Waals surface area contributed by atoms with Gasteiger partial charge in [0, 0.05) is 16.6 Å². The Morgan fingerprint density at radius 2 is 2.20 bits per heavy atom. The van der Waals surface area contributed by atoms with Crippen molar-refractivity contribution in [1.82, 2.24) is 0 Å². The van der Waals surface area contributed by atoms with Crippen LogP contribution in [0.1, 0.15) is 6.42 Å². The fourth-order valence-electron chi connectivity index (χ4n) is 0.425. The van der Waals surface area contributed by atoms with Gasteiger partial charge in [-0.2, -0.15) is 0 Å². The summed E-state index contributed by atoms with van der Waals surface area (Å²) in [5.41, 5.74) is 0. The van der Waals surface area contributed by atoms with Crippen LogP contribution in [0.2, 0.25) is 0 Å². The molecule has 0 rings (SSSR count). The minimum Gasteiger partial charge on any atom is -0.481 e. The van der Waals surface area contributed by atoms with Gasteiger partial charge in [-0.05, 0) is 6.42 Å². The lowest BCUT2D eigenvalue weighted by Crippen LogP contribution is -2.11. The van der Waals surface area contributed by atoms with Crippen molar-refractivity contribution in [2.45, 2.75) is 6.42 Å². The Bertz CT molecular complexity index is 137. The summed E-state index contributed by atoms with van der Waals surface area (Å²) in [4.78, 5) is 9.89. The second-order valence-corrected chi connectivity index (χ2v) is 3.30. The van der Waals surface area contributed by atoms with Crippen LogP contribution >= 0.6 is 0 Å². The molecule has 0 heterocycles. The summed E-state index contributed by atoms with van der Waals surface area (Å²) in [6.45, 7) is -0.536. The highest BCUT2D eigenvalue weighted by molar-refractivity contribution is 7.85. The van der Waals surface area contributed by atoms with Gasteiger partial charge in [-0.3, -0.25) is 13.4 Å². The van der Waals surface area contributed by atoms with Crippen molar-refractivity contribution < 1.29 is 18.5 Å². The van der Waals surface area contributed by atoms with Crippen molar-refractivity contribution in [1.29, 1.82) is 0 Å². The molecule has 0 amide bonds. The third kappa shape index (κ3) is 5.68. The van der Waals surface area contributed by atoms with E-state index < -0.39 is 23.4 Å². The Labute approximate surface area is 60.7 Å². The van der Waals surface area contributed by atoms with E-state index in [0.29, 0.717) is 0 Å². The summed E-state index contributed by atoms with van der Waals surface area (Å²) < 4.78 is 22.0. The van der Waals surface area contributed by atoms with Gasteiger partial charge in [-0.1, -0.05) is 0 Å². The van der Waals surface area contributed by atoms with Crippen LogP contribution in [0, 0.1) is 0 Å². The molecule has 3 nitrogen and oxygen atoms in total. The number of carbonyl (C=O) groups is 1. The first-order valence-corrected chi connectivity index (χ1v) is 4.28. The second kappa shape index (κ2) is 5.34. The maximum Gasteiger partial charge on any atom is 0.316 e. The van der Waals surface area contributed by atoms with Crippen molar-refractivity contribution in [3.63, 3.8) is 0 Å². The predicted octanol–water partition coefficient (Wildman–Crippen LogP) is 0.179. The number of hydrogen-bond acceptors (Lipinski definition) is 2. The van der Waals surface area contributed by atoms with Crippen LogP contribution in [0.3, 0.4) is 0 Å². The smallest absolute Gasteiger partial charge is 0.316 e. The molecule has 0 aromatic rings. The van der Waals surface area contributed by atoms with Crippen molar-refractivity contribution in [2.24, 2.45) is 0 Å². The zero-order valence-corrected chi connectivity index (χ0v) is 6.19. The van der Waals surface area contributed by atoms with Gasteiger partial charge in [0.15, 0.2) is 0 Å². The first-order chi connectivity index (χ1) is 4.66. The van der Waals surface area contributed by atoms with Crippen LogP contribution < -0.4 is 0 Å². The normalized spacial score (nSPS) is 12.9. The molecule has 0 aliphatic heterocycles. The highest BCUT2D eigenvalue weighted by Crippen LogP contribution is 1.88. The average Bonchev–Trinajstić information content (AvgIpc) is 1.82. The third-order valence-corrected chi connectivity index (χ3v) is 2.10. The lowest BCUT2D eigenvalue weighted by molar-refractivity contribution is -0.133. The molecule has 0 fully saturated rings. The van der Waals surface area contributed by atoms with Crippen LogP contribution in [0.4, 0.5) is 4.39 Å². The number of hydrogen-bond donors (Lipinski definition) is 1. The summed E-state index contributed by atoms with van der Waals surface area (Å²) in [5, 5.41) is 8.10. The van der Waals surface area contributed by atoms with E-state index in [1.165, 1.54) is 0 Å². The molecule has 10 heavy (non-hydrogen) atoms. The van der Waals surface area contributed by atoms with Gasteiger partial charge in [0.2, 0.25) is 0 Å². The maximum absolute atomic E-state index is 11.4. The number of alkyl halides is 1. The van der Waals surface area contributed by atoms with Crippen LogP contribution in [0.25, 0.3) is 0 Å². The lowest BCUT2D eigenvalue weighted by Gasteiger charge is -1.93. The van der Waals surface area contributed by atoms with Gasteiger partial charge in [0.05, 0.1) is 6.67 Å². The molecule has 1 unspecified atom stereocenters. The fourth-order valence-corrected chi connectivity index (χ4v) is 1.28. The number of carboxylic acid groups (broad SMARTS) is 1. The molecule has 0 bridgehead atoms. The van der Waals surface area contributed by atoms with Crippen molar-refractivity contribution in [3.05, 3.63) is 0 Å². The minimum absolute atomic E-state index is 0.142. The lowest BCUT2D eigenvalue weighted by atomic mass is 10.6. The number of carboxylic acids is 1. The van der Waals surface area contributed by atoms with E-state index in [9.17, 15) is 13.4 Å². The van der Waals surface area contributed by atoms with Gasteiger partial charge in [0.25, 0.3) is 0 Å². The molecule has 0 aliphatic carbocycles. The summed E-state index contributed by atoms with van der Waals surface area (Å²) in [7, 11) is -1.39. The summed E-state index contributed by atoms with van der Waals surface area (Å²) in [5.74, 6) is -1.33. The van der Waals surface area contributed by atoms with Crippen LogP contribution in [-0.2, 0) is 15.6 Å². The topological polar surface area (TPSA) is 54.4 Å². The van der Waals surface area contributed by atoms with Crippen molar-refractivity contribution >= 4 is 16.8 Å². The van der Waals surface area contributed by atoms with Gasteiger partial charge in [0.1, 0.15) is 5.75 Å². The Kier molecular flexibility index (Phi) is 5.10. The molecule has 0 saturated carbocycles. The third-order valence-electron chi connectivity index (χ3n) is 0.790. The van der Waals surface area contributed by atoms with E-state index in [4.69, 9.17) is 5.11 Å². The number of aliphatic carboxylic acids is 1. The molecule has 0 aromatic heterocycles. The van der Waals surface area contributed by atoms with E-state index in [-0.39, 0.29) is 17.9 Å². The van der Waals surface area contributed by atoms with E-state index in [0.717, 1.165) is 0 Å². The molecule has 0 spiro atoms. The highest BCUT2D eigenvalue weighted by Gasteiger charge is 2.04. The van der Waals surface area contributed by atoms with E-state index in [2.05, 4.69) is 0 Å². The van der Waals surface area contributed by atoms with Crippen LogP contribution in [0.5, 0.6) is 0 Å². The largest absolute Gasteiger partial charge is 0.481 e. The first-order valence-electron chi connectivity index (χ1n) is 2.79. The monoisotopic (exact) mass is 168 g/mol. The van der Waals surface area contributed by atoms with Gasteiger partial charge in [-0.15, -0.1) is 0 Å². The molecule has 1 N–H and O–H groups in total. The molecule has 0 aliphatic rings. The van der Waals surface area contributed by atoms with E-state index in [1.54, 1.807) is 0 Å². The molecule has 5 heteroatoms. The molecule has 1 atom stereocenters. The SMILES string of the molecule is O=C(O)CS(=O)CCCF. The quantitative estimate of drug-likeness (QED) is 0.637. The predicted molar refractivity (Wildman–Crippen MR) is 36.1 cm³/mol. The standard InChI is InChI=1S/C5H9FO3S/c6-2-1-3-10(9)4-5(7)8/h1-4H2,(H,7,8). The van der Waals surface area contributed by atoms with Crippen LogP contribution in [-0.4, -0.2) is 33.5 Å². The second-order valence-electron chi connectivity index (χ2n) is 1.72. The summed E-state index contributed by atoms with van der Waals surface area (Å²) in [6, 6.07) is 0. The molecule has 0 aromatic carbocycles. The minimum atomic E-state index is -1.39.